The van der Waals surface area contributed by atoms with Crippen LogP contribution < -0.4 is 4.35 Å². The average Bonchev–Trinajstić information content (AvgIpc) is 2.05. The Kier molecular flexibility index (Phi) is 3.88. The van der Waals surface area contributed by atoms with Gasteiger partial charge in [0.1, 0.15) is 0 Å². The summed E-state index contributed by atoms with van der Waals surface area (Å²) in [6.45, 7) is 4.54. The van der Waals surface area contributed by atoms with E-state index in [2.05, 4.69) is 55.0 Å². The normalized spacial score (nSPS) is 12.9. The van der Waals surface area contributed by atoms with Crippen LogP contribution in [-0.2, 0) is 0 Å². The Hall–Kier alpha value is -0.222. The Bertz CT molecular complexity index is 243. The van der Waals surface area contributed by atoms with Gasteiger partial charge in [0, 0.05) is 0 Å². The van der Waals surface area contributed by atoms with Crippen LogP contribution in [0.5, 0.6) is 0 Å². The summed E-state index contributed by atoms with van der Waals surface area (Å²) in [5, 5.41) is 0. The van der Waals surface area contributed by atoms with Crippen molar-refractivity contribution in [1.82, 2.24) is 0 Å². The van der Waals surface area contributed by atoms with E-state index >= 15 is 0 Å². The predicted molar refractivity (Wildman–Crippen MR) is 55.2 cm³/mol. The van der Waals surface area contributed by atoms with E-state index in [-0.39, 0.29) is 0 Å². The van der Waals surface area contributed by atoms with Gasteiger partial charge < -0.3 is 0 Å². The van der Waals surface area contributed by atoms with Gasteiger partial charge in [-0.05, 0) is 0 Å². The molecule has 2 radical (unpaired) electrons. The molecule has 1 aromatic rings. The Morgan fingerprint density at radius 1 is 1.33 bits per heavy atom. The van der Waals surface area contributed by atoms with Crippen molar-refractivity contribution in [3.8, 4) is 0 Å². The van der Waals surface area contributed by atoms with Crippen LogP contribution in [-0.4, -0.2) is 16.9 Å². The molecule has 0 N–H and O–H groups in total. The monoisotopic (exact) mass is 222 g/mol. The molecule has 0 heterocycles. The maximum atomic E-state index is 2.65. The second kappa shape index (κ2) is 4.72. The average molecular weight is 222 g/mol. The van der Waals surface area contributed by atoms with Gasteiger partial charge in [-0.2, -0.15) is 0 Å². The topological polar surface area (TPSA) is 0 Å². The van der Waals surface area contributed by atoms with Gasteiger partial charge in [-0.25, -0.2) is 0 Å². The summed E-state index contributed by atoms with van der Waals surface area (Å²) in [6.07, 6.45) is 2.55. The molecule has 0 fully saturated rings. The van der Waals surface area contributed by atoms with Crippen molar-refractivity contribution in [3.05, 3.63) is 29.8 Å². The van der Waals surface area contributed by atoms with E-state index in [4.69, 9.17) is 0 Å². The Morgan fingerprint density at radius 3 is 2.58 bits per heavy atom. The number of benzene rings is 1. The van der Waals surface area contributed by atoms with Crippen molar-refractivity contribution >= 4 is 21.2 Å². The first-order valence-electron chi connectivity index (χ1n) is 4.53. The van der Waals surface area contributed by atoms with Crippen LogP contribution in [0.4, 0.5) is 0 Å². The van der Waals surface area contributed by atoms with Gasteiger partial charge in [0.05, 0.1) is 0 Å². The summed E-state index contributed by atoms with van der Waals surface area (Å²) in [5.74, 6) is 0.703. The Morgan fingerprint density at radius 2 is 2.00 bits per heavy atom. The van der Waals surface area contributed by atoms with E-state index in [1.807, 2.05) is 0 Å². The van der Waals surface area contributed by atoms with E-state index < -0.39 is 0 Å². The van der Waals surface area contributed by atoms with Crippen LogP contribution in [0.25, 0.3) is 0 Å². The molecule has 1 rings (SSSR count). The Balaban J connectivity index is 2.79. The quantitative estimate of drug-likeness (QED) is 0.689. The SMILES string of the molecule is CCCC(C)c1ccccc1[As]. The van der Waals surface area contributed by atoms with Gasteiger partial charge >= 0.3 is 83.6 Å². The standard InChI is InChI=1S/C11H15As/c1-3-6-9(2)10-7-4-5-8-11(10)12/h4-5,7-9H,3,6H2,1-2H3. The van der Waals surface area contributed by atoms with E-state index in [0.717, 1.165) is 0 Å². The number of hydrogen-bond donors (Lipinski definition) is 0. The fourth-order valence-electron chi connectivity index (χ4n) is 1.49. The fraction of sp³-hybridized carbons (Fsp3) is 0.455. The van der Waals surface area contributed by atoms with E-state index in [1.54, 1.807) is 0 Å². The second-order valence-corrected chi connectivity index (χ2v) is 4.26. The molecule has 0 amide bonds. The van der Waals surface area contributed by atoms with E-state index in [0.29, 0.717) is 5.92 Å². The molecule has 0 aliphatic heterocycles. The van der Waals surface area contributed by atoms with Crippen molar-refractivity contribution in [2.24, 2.45) is 0 Å². The molecule has 1 unspecified atom stereocenters. The van der Waals surface area contributed by atoms with Crippen molar-refractivity contribution in [3.63, 3.8) is 0 Å². The molecule has 0 aliphatic carbocycles. The van der Waals surface area contributed by atoms with Gasteiger partial charge in [0.2, 0.25) is 0 Å². The maximum absolute atomic E-state index is 2.65. The summed E-state index contributed by atoms with van der Waals surface area (Å²) in [4.78, 5) is 0. The third-order valence-electron chi connectivity index (χ3n) is 2.19. The summed E-state index contributed by atoms with van der Waals surface area (Å²) in [6, 6.07) is 8.61. The van der Waals surface area contributed by atoms with Crippen LogP contribution in [0.15, 0.2) is 24.3 Å². The van der Waals surface area contributed by atoms with Crippen LogP contribution in [0, 0.1) is 0 Å². The minimum absolute atomic E-state index is 0.703. The van der Waals surface area contributed by atoms with Gasteiger partial charge in [-0.15, -0.1) is 0 Å². The summed E-state index contributed by atoms with van der Waals surface area (Å²) in [7, 11) is 0. The predicted octanol–water partition coefficient (Wildman–Crippen LogP) is 2.38. The zero-order chi connectivity index (χ0) is 8.97. The number of rotatable bonds is 3. The van der Waals surface area contributed by atoms with Gasteiger partial charge in [-0.3, -0.25) is 0 Å². The molecular weight excluding hydrogens is 207 g/mol. The molecule has 0 spiro atoms. The second-order valence-electron chi connectivity index (χ2n) is 3.25. The molecule has 64 valence electrons. The van der Waals surface area contributed by atoms with Crippen molar-refractivity contribution in [2.45, 2.75) is 32.6 Å². The minimum atomic E-state index is 0.703. The first-order chi connectivity index (χ1) is 5.75. The summed E-state index contributed by atoms with van der Waals surface area (Å²) >= 11 is 2.65. The molecular formula is C11H15As. The van der Waals surface area contributed by atoms with Crippen LogP contribution in [0.3, 0.4) is 0 Å². The molecule has 12 heavy (non-hydrogen) atoms. The van der Waals surface area contributed by atoms with Crippen molar-refractivity contribution < 1.29 is 0 Å². The van der Waals surface area contributed by atoms with Crippen molar-refractivity contribution in [2.75, 3.05) is 0 Å². The molecule has 0 saturated heterocycles. The first-order valence-corrected chi connectivity index (χ1v) is 5.47. The van der Waals surface area contributed by atoms with E-state index in [1.165, 1.54) is 22.8 Å². The summed E-state index contributed by atoms with van der Waals surface area (Å²) < 4.78 is 1.37. The third kappa shape index (κ3) is 2.38. The fourth-order valence-corrected chi connectivity index (χ4v) is 2.29. The molecule has 0 nitrogen and oxygen atoms in total. The molecule has 0 aromatic heterocycles. The van der Waals surface area contributed by atoms with Crippen molar-refractivity contribution in [1.29, 1.82) is 0 Å². The van der Waals surface area contributed by atoms with E-state index in [9.17, 15) is 0 Å². The zero-order valence-electron chi connectivity index (χ0n) is 7.75. The summed E-state index contributed by atoms with van der Waals surface area (Å²) in [5.41, 5.74) is 1.49. The van der Waals surface area contributed by atoms with Gasteiger partial charge in [0.25, 0.3) is 0 Å². The molecule has 1 heteroatoms. The molecule has 0 saturated carbocycles. The van der Waals surface area contributed by atoms with Crippen LogP contribution in [0.1, 0.15) is 38.2 Å². The first kappa shape index (κ1) is 9.86. The van der Waals surface area contributed by atoms with Gasteiger partial charge in [-0.1, -0.05) is 0 Å². The zero-order valence-corrected chi connectivity index (χ0v) is 9.62. The Labute approximate surface area is 83.9 Å². The van der Waals surface area contributed by atoms with Crippen LogP contribution >= 0.6 is 0 Å². The number of hydrogen-bond acceptors (Lipinski definition) is 0. The molecule has 1 aromatic carbocycles. The molecule has 1 atom stereocenters. The molecule has 0 aliphatic rings. The third-order valence-corrected chi connectivity index (χ3v) is 3.04. The molecule has 0 bridgehead atoms. The van der Waals surface area contributed by atoms with Gasteiger partial charge in [0.15, 0.2) is 0 Å². The van der Waals surface area contributed by atoms with Crippen LogP contribution in [0.2, 0.25) is 0 Å².